The molecule has 1 amide bonds. The Hall–Kier alpha value is -2.51. The van der Waals surface area contributed by atoms with Crippen molar-refractivity contribution in [1.29, 1.82) is 0 Å². The lowest BCUT2D eigenvalue weighted by molar-refractivity contribution is -0.122. The summed E-state index contributed by atoms with van der Waals surface area (Å²) in [5, 5.41) is 2.86. The highest BCUT2D eigenvalue weighted by atomic mass is 35.5. The first-order valence-corrected chi connectivity index (χ1v) is 11.6. The molecule has 0 aliphatic heterocycles. The average Bonchev–Trinajstić information content (AvgIpc) is 2.75. The van der Waals surface area contributed by atoms with Crippen LogP contribution < -0.4 is 10.2 Å². The van der Waals surface area contributed by atoms with Crippen molar-refractivity contribution >= 4 is 52.1 Å². The van der Waals surface area contributed by atoms with Gasteiger partial charge in [0.2, 0.25) is 29.0 Å². The minimum Gasteiger partial charge on any atom is -0.489 e. The molecule has 7 nitrogen and oxygen atoms in total. The fourth-order valence-corrected chi connectivity index (χ4v) is 4.39. The molecule has 1 N–H and O–H groups in total. The highest BCUT2D eigenvalue weighted by Gasteiger charge is 2.42. The maximum atomic E-state index is 13.0. The molecule has 0 aromatic heterocycles. The van der Waals surface area contributed by atoms with E-state index in [9.17, 15) is 14.4 Å². The van der Waals surface area contributed by atoms with E-state index >= 15 is 0 Å². The number of Topliss-reactive ketones (excluding diaryl/α,β-unsaturated/α-hetero) is 2. The van der Waals surface area contributed by atoms with Crippen molar-refractivity contribution < 1.29 is 23.9 Å². The molecule has 1 aliphatic carbocycles. The van der Waals surface area contributed by atoms with Crippen molar-refractivity contribution in [2.45, 2.75) is 27.2 Å². The molecular formula is C24H30Cl2N2O5. The summed E-state index contributed by atoms with van der Waals surface area (Å²) in [5.41, 5.74) is 1.15. The summed E-state index contributed by atoms with van der Waals surface area (Å²) in [6, 6.07) is 7.37. The summed E-state index contributed by atoms with van der Waals surface area (Å²) in [5.74, 6) is -0.474. The number of rotatable bonds is 11. The molecule has 0 heterocycles. The molecule has 0 unspecified atom stereocenters. The van der Waals surface area contributed by atoms with Gasteiger partial charge in [-0.05, 0) is 31.2 Å². The minimum absolute atomic E-state index is 0.00955. The van der Waals surface area contributed by atoms with E-state index in [0.29, 0.717) is 30.5 Å². The molecule has 33 heavy (non-hydrogen) atoms. The third-order valence-corrected chi connectivity index (χ3v) is 5.81. The first-order valence-electron chi connectivity index (χ1n) is 10.5. The molecule has 0 bridgehead atoms. The quantitative estimate of drug-likeness (QED) is 0.363. The summed E-state index contributed by atoms with van der Waals surface area (Å²) in [6.07, 6.45) is -0.00955. The number of anilines is 2. The Morgan fingerprint density at radius 3 is 1.97 bits per heavy atom. The number of benzene rings is 1. The highest BCUT2D eigenvalue weighted by molar-refractivity contribution is 6.24. The second-order valence-corrected chi connectivity index (χ2v) is 9.00. The molecule has 0 saturated heterocycles. The standard InChI is InChI=1S/C24H30Cl2N2O5/c1-15-19(21(31)23(33-5)22(32-4)20(15)30)24(2,3)14-18(29)27-16-6-8-17(9-7-16)28(12-10-25)13-11-26/h6-9H,10-14H2,1-5H3,(H,27,29). The molecule has 0 fully saturated rings. The van der Waals surface area contributed by atoms with Gasteiger partial charge in [0.25, 0.3) is 0 Å². The third-order valence-electron chi connectivity index (χ3n) is 5.47. The van der Waals surface area contributed by atoms with Gasteiger partial charge in [-0.2, -0.15) is 0 Å². The van der Waals surface area contributed by atoms with Crippen LogP contribution in [0, 0.1) is 5.41 Å². The molecule has 2 rings (SSSR count). The topological polar surface area (TPSA) is 84.9 Å². The van der Waals surface area contributed by atoms with Crippen LogP contribution in [0.25, 0.3) is 0 Å². The van der Waals surface area contributed by atoms with Gasteiger partial charge >= 0.3 is 0 Å². The van der Waals surface area contributed by atoms with Gasteiger partial charge in [0, 0.05) is 59.2 Å². The SMILES string of the molecule is COC1=C(OC)C(=O)C(C(C)(C)CC(=O)Nc2ccc(N(CCCl)CCCl)cc2)=C(C)C1=O. The van der Waals surface area contributed by atoms with Crippen molar-refractivity contribution in [3.63, 3.8) is 0 Å². The van der Waals surface area contributed by atoms with Gasteiger partial charge in [-0.1, -0.05) is 13.8 Å². The van der Waals surface area contributed by atoms with E-state index in [1.165, 1.54) is 14.2 Å². The summed E-state index contributed by atoms with van der Waals surface area (Å²) in [4.78, 5) is 40.6. The first-order chi connectivity index (χ1) is 15.6. The number of alkyl halides is 2. The fraction of sp³-hybridized carbons (Fsp3) is 0.458. The van der Waals surface area contributed by atoms with E-state index in [-0.39, 0.29) is 35.0 Å². The van der Waals surface area contributed by atoms with Crippen LogP contribution in [-0.4, -0.2) is 56.5 Å². The Labute approximate surface area is 204 Å². The summed E-state index contributed by atoms with van der Waals surface area (Å²) in [7, 11) is 2.62. The van der Waals surface area contributed by atoms with E-state index in [0.717, 1.165) is 5.69 Å². The van der Waals surface area contributed by atoms with Crippen molar-refractivity contribution in [3.8, 4) is 0 Å². The Balaban J connectivity index is 2.17. The largest absolute Gasteiger partial charge is 0.489 e. The van der Waals surface area contributed by atoms with E-state index < -0.39 is 17.0 Å². The number of nitrogens with one attached hydrogen (secondary N) is 1. The fourth-order valence-electron chi connectivity index (χ4n) is 3.98. The van der Waals surface area contributed by atoms with Crippen LogP contribution in [0.5, 0.6) is 0 Å². The molecule has 9 heteroatoms. The van der Waals surface area contributed by atoms with Crippen LogP contribution >= 0.6 is 23.2 Å². The van der Waals surface area contributed by atoms with Crippen LogP contribution in [0.15, 0.2) is 46.9 Å². The second-order valence-electron chi connectivity index (χ2n) is 8.25. The van der Waals surface area contributed by atoms with Gasteiger partial charge in [0.1, 0.15) is 0 Å². The van der Waals surface area contributed by atoms with Crippen molar-refractivity contribution in [2.75, 3.05) is 49.3 Å². The number of ether oxygens (including phenoxy) is 2. The average molecular weight is 497 g/mol. The summed E-state index contributed by atoms with van der Waals surface area (Å²) < 4.78 is 10.2. The Morgan fingerprint density at radius 1 is 0.970 bits per heavy atom. The van der Waals surface area contributed by atoms with Crippen molar-refractivity contribution in [3.05, 3.63) is 46.9 Å². The summed E-state index contributed by atoms with van der Waals surface area (Å²) >= 11 is 11.7. The molecule has 180 valence electrons. The highest BCUT2D eigenvalue weighted by Crippen LogP contribution is 2.39. The van der Waals surface area contributed by atoms with Crippen LogP contribution in [0.2, 0.25) is 0 Å². The predicted molar refractivity (Wildman–Crippen MR) is 131 cm³/mol. The number of amides is 1. The maximum Gasteiger partial charge on any atom is 0.228 e. The molecule has 0 atom stereocenters. The Morgan fingerprint density at radius 2 is 1.48 bits per heavy atom. The number of hydrogen-bond donors (Lipinski definition) is 1. The summed E-state index contributed by atoms with van der Waals surface area (Å²) in [6.45, 7) is 6.39. The number of allylic oxidation sites excluding steroid dienone is 2. The smallest absolute Gasteiger partial charge is 0.228 e. The zero-order valence-electron chi connectivity index (χ0n) is 19.6. The lowest BCUT2D eigenvalue weighted by Gasteiger charge is -2.31. The third kappa shape index (κ3) is 6.09. The maximum absolute atomic E-state index is 13.0. The molecule has 0 radical (unpaired) electrons. The molecule has 0 saturated carbocycles. The number of methoxy groups -OCH3 is 2. The van der Waals surface area contributed by atoms with Crippen molar-refractivity contribution in [2.24, 2.45) is 5.41 Å². The zero-order chi connectivity index (χ0) is 24.8. The van der Waals surface area contributed by atoms with Gasteiger partial charge < -0.3 is 19.7 Å². The molecule has 1 aliphatic rings. The van der Waals surface area contributed by atoms with Crippen molar-refractivity contribution in [1.82, 2.24) is 0 Å². The second kappa shape index (κ2) is 11.6. The van der Waals surface area contributed by atoms with Gasteiger partial charge in [0.05, 0.1) is 14.2 Å². The van der Waals surface area contributed by atoms with Gasteiger partial charge in [-0.15, -0.1) is 23.2 Å². The van der Waals surface area contributed by atoms with E-state index in [2.05, 4.69) is 10.2 Å². The number of carbonyl (C=O) groups excluding carboxylic acids is 3. The van der Waals surface area contributed by atoms with Crippen LogP contribution in [0.1, 0.15) is 27.2 Å². The molecule has 0 spiro atoms. The molecule has 1 aromatic rings. The van der Waals surface area contributed by atoms with Gasteiger partial charge in [-0.3, -0.25) is 14.4 Å². The van der Waals surface area contributed by atoms with Crippen LogP contribution in [0.4, 0.5) is 11.4 Å². The van der Waals surface area contributed by atoms with Gasteiger partial charge in [0.15, 0.2) is 0 Å². The predicted octanol–water partition coefficient (Wildman–Crippen LogP) is 4.30. The normalized spacial score (nSPS) is 14.5. The first kappa shape index (κ1) is 26.7. The number of hydrogen-bond acceptors (Lipinski definition) is 6. The van der Waals surface area contributed by atoms with E-state index in [1.807, 2.05) is 12.1 Å². The number of halogens is 2. The lowest BCUT2D eigenvalue weighted by atomic mass is 9.73. The number of carbonyl (C=O) groups is 3. The lowest BCUT2D eigenvalue weighted by Crippen LogP contribution is -2.34. The van der Waals surface area contributed by atoms with E-state index in [1.54, 1.807) is 32.9 Å². The Bertz CT molecular complexity index is 962. The zero-order valence-corrected chi connectivity index (χ0v) is 21.1. The number of nitrogens with zero attached hydrogens (tertiary/aromatic N) is 1. The van der Waals surface area contributed by atoms with Crippen LogP contribution in [0.3, 0.4) is 0 Å². The van der Waals surface area contributed by atoms with Gasteiger partial charge in [-0.25, -0.2) is 0 Å². The Kier molecular flexibility index (Phi) is 9.37. The van der Waals surface area contributed by atoms with E-state index in [4.69, 9.17) is 32.7 Å². The minimum atomic E-state index is -0.915. The van der Waals surface area contributed by atoms with Crippen LogP contribution in [-0.2, 0) is 23.9 Å². The molecule has 1 aromatic carbocycles. The molecular weight excluding hydrogens is 467 g/mol. The monoisotopic (exact) mass is 496 g/mol. The number of ketones is 2.